The van der Waals surface area contributed by atoms with Crippen LogP contribution in [0.5, 0.6) is 0 Å². The van der Waals surface area contributed by atoms with E-state index in [2.05, 4.69) is 9.97 Å². The van der Waals surface area contributed by atoms with E-state index < -0.39 is 0 Å². The lowest BCUT2D eigenvalue weighted by Crippen LogP contribution is -2.13. The highest BCUT2D eigenvalue weighted by molar-refractivity contribution is 5.91. The summed E-state index contributed by atoms with van der Waals surface area (Å²) in [7, 11) is 0. The van der Waals surface area contributed by atoms with Gasteiger partial charge >= 0.3 is 5.91 Å². The van der Waals surface area contributed by atoms with Crippen molar-refractivity contribution in [3.05, 3.63) is 61.2 Å². The van der Waals surface area contributed by atoms with Crippen molar-refractivity contribution in [1.29, 1.82) is 0 Å². The second-order valence-corrected chi connectivity index (χ2v) is 5.90. The fourth-order valence-electron chi connectivity index (χ4n) is 3.01. The number of carbonyl (C=O) groups excluding carboxylic acids is 2. The molecule has 25 heavy (non-hydrogen) atoms. The van der Waals surface area contributed by atoms with Gasteiger partial charge in [-0.05, 0) is 30.7 Å². The van der Waals surface area contributed by atoms with E-state index in [0.717, 1.165) is 22.1 Å². The molecule has 0 spiro atoms. The molecule has 0 atom stereocenters. The highest BCUT2D eigenvalue weighted by atomic mass is 16.2. The predicted molar refractivity (Wildman–Crippen MR) is 93.3 cm³/mol. The van der Waals surface area contributed by atoms with Gasteiger partial charge in [0.1, 0.15) is 6.33 Å². The lowest BCUT2D eigenvalue weighted by molar-refractivity contribution is -0.345. The van der Waals surface area contributed by atoms with E-state index in [1.165, 1.54) is 0 Å². The zero-order valence-corrected chi connectivity index (χ0v) is 13.6. The van der Waals surface area contributed by atoms with Gasteiger partial charge in [0.15, 0.2) is 11.0 Å². The molecular weight excluding hydrogens is 316 g/mol. The minimum absolute atomic E-state index is 0.0271. The van der Waals surface area contributed by atoms with Crippen molar-refractivity contribution in [2.75, 3.05) is 0 Å². The van der Waals surface area contributed by atoms with Crippen molar-refractivity contribution in [3.8, 4) is 0 Å². The molecule has 0 aliphatic heterocycles. The smallest absolute Gasteiger partial charge is 0.274 e. The Balaban J connectivity index is 1.42. The standard InChI is InChI=1S/C19H16N4O2/c24-18(22-12-20-14-6-1-3-8-16(14)22)10-5-11-19(25)23-13-21-15-7-2-4-9-17(15)23/h1-4,6-9,12-13H,5,10-11H2/p+1. The van der Waals surface area contributed by atoms with Crippen LogP contribution in [0.3, 0.4) is 0 Å². The summed E-state index contributed by atoms with van der Waals surface area (Å²) < 4.78 is 3.16. The Labute approximate surface area is 143 Å². The average molecular weight is 333 g/mol. The van der Waals surface area contributed by atoms with E-state index in [-0.39, 0.29) is 11.8 Å². The van der Waals surface area contributed by atoms with Gasteiger partial charge in [-0.2, -0.15) is 4.57 Å². The van der Waals surface area contributed by atoms with Crippen molar-refractivity contribution in [1.82, 2.24) is 14.1 Å². The molecule has 124 valence electrons. The number of aromatic amines is 1. The van der Waals surface area contributed by atoms with Gasteiger partial charge in [-0.1, -0.05) is 24.3 Å². The first-order valence-corrected chi connectivity index (χ1v) is 8.20. The molecule has 6 nitrogen and oxygen atoms in total. The number of imidazole rings is 2. The second kappa shape index (κ2) is 6.32. The molecule has 1 N–H and O–H groups in total. The average Bonchev–Trinajstić information content (AvgIpc) is 3.26. The summed E-state index contributed by atoms with van der Waals surface area (Å²) in [5.41, 5.74) is 3.35. The number of benzene rings is 2. The number of nitrogens with one attached hydrogen (secondary N) is 1. The Kier molecular flexibility index (Phi) is 3.85. The maximum Gasteiger partial charge on any atom is 0.314 e. The lowest BCUT2D eigenvalue weighted by atomic mass is 10.2. The van der Waals surface area contributed by atoms with E-state index in [9.17, 15) is 9.59 Å². The maximum atomic E-state index is 12.4. The SMILES string of the molecule is O=C(CCCC(=O)n1c[nH+]c2ccccc21)n1cnc2ccccc21. The summed E-state index contributed by atoms with van der Waals surface area (Å²) in [6, 6.07) is 15.1. The largest absolute Gasteiger partial charge is 0.314 e. The topological polar surface area (TPSA) is 71.0 Å². The van der Waals surface area contributed by atoms with Gasteiger partial charge in [-0.15, -0.1) is 0 Å². The molecule has 0 saturated carbocycles. The molecule has 0 saturated heterocycles. The molecule has 0 aliphatic carbocycles. The quantitative estimate of drug-likeness (QED) is 0.576. The van der Waals surface area contributed by atoms with Crippen LogP contribution in [0.4, 0.5) is 0 Å². The number of hydrogen-bond acceptors (Lipinski definition) is 3. The van der Waals surface area contributed by atoms with E-state index in [4.69, 9.17) is 0 Å². The summed E-state index contributed by atoms with van der Waals surface area (Å²) >= 11 is 0. The molecule has 0 amide bonds. The third-order valence-corrected chi connectivity index (χ3v) is 4.28. The minimum Gasteiger partial charge on any atom is -0.274 e. The lowest BCUT2D eigenvalue weighted by Gasteiger charge is -2.02. The van der Waals surface area contributed by atoms with Crippen molar-refractivity contribution in [2.45, 2.75) is 19.3 Å². The van der Waals surface area contributed by atoms with Gasteiger partial charge in [-0.25, -0.2) is 14.8 Å². The Bertz CT molecular complexity index is 991. The van der Waals surface area contributed by atoms with Crippen molar-refractivity contribution >= 4 is 33.9 Å². The number of carbonyl (C=O) groups is 2. The normalized spacial score (nSPS) is 11.2. The highest BCUT2D eigenvalue weighted by Gasteiger charge is 2.17. The maximum absolute atomic E-state index is 12.4. The van der Waals surface area contributed by atoms with Crippen LogP contribution < -0.4 is 4.98 Å². The van der Waals surface area contributed by atoms with Crippen LogP contribution in [0.2, 0.25) is 0 Å². The Morgan fingerprint density at radius 2 is 1.56 bits per heavy atom. The zero-order chi connectivity index (χ0) is 17.2. The van der Waals surface area contributed by atoms with Crippen LogP contribution in [-0.4, -0.2) is 25.9 Å². The van der Waals surface area contributed by atoms with E-state index in [0.29, 0.717) is 19.3 Å². The molecular formula is C19H17N4O2+. The molecule has 0 aliphatic rings. The minimum atomic E-state index is -0.0505. The molecule has 0 fully saturated rings. The summed E-state index contributed by atoms with van der Waals surface area (Å²) in [5, 5.41) is 0. The molecule has 0 bridgehead atoms. The molecule has 4 aromatic rings. The number of rotatable bonds is 4. The van der Waals surface area contributed by atoms with Crippen LogP contribution in [0.25, 0.3) is 22.1 Å². The summed E-state index contributed by atoms with van der Waals surface area (Å²) in [6.45, 7) is 0. The van der Waals surface area contributed by atoms with Crippen LogP contribution in [0.15, 0.2) is 61.2 Å². The van der Waals surface area contributed by atoms with Crippen LogP contribution in [0.1, 0.15) is 28.9 Å². The number of nitrogens with zero attached hydrogens (tertiary/aromatic N) is 3. The van der Waals surface area contributed by atoms with Gasteiger partial charge < -0.3 is 0 Å². The van der Waals surface area contributed by atoms with Gasteiger partial charge in [0, 0.05) is 6.42 Å². The first-order chi connectivity index (χ1) is 12.2. The molecule has 2 aromatic carbocycles. The Hall–Kier alpha value is -3.28. The molecule has 2 heterocycles. The summed E-state index contributed by atoms with van der Waals surface area (Å²) in [5.74, 6) is -0.0776. The van der Waals surface area contributed by atoms with E-state index in [1.807, 2.05) is 48.5 Å². The molecule has 2 aromatic heterocycles. The van der Waals surface area contributed by atoms with Crippen molar-refractivity contribution < 1.29 is 14.6 Å². The first kappa shape index (κ1) is 15.3. The Morgan fingerprint density at radius 1 is 0.880 bits per heavy atom. The van der Waals surface area contributed by atoms with Gasteiger partial charge in [0.2, 0.25) is 12.2 Å². The third-order valence-electron chi connectivity index (χ3n) is 4.28. The van der Waals surface area contributed by atoms with Crippen molar-refractivity contribution in [2.24, 2.45) is 0 Å². The summed E-state index contributed by atoms with van der Waals surface area (Å²) in [6.07, 6.45) is 4.32. The first-order valence-electron chi connectivity index (χ1n) is 8.20. The van der Waals surface area contributed by atoms with Crippen LogP contribution in [0, 0.1) is 0 Å². The van der Waals surface area contributed by atoms with Crippen molar-refractivity contribution in [3.63, 3.8) is 0 Å². The number of H-pyrrole nitrogens is 1. The van der Waals surface area contributed by atoms with Crippen LogP contribution >= 0.6 is 0 Å². The third kappa shape index (κ3) is 2.82. The van der Waals surface area contributed by atoms with Gasteiger partial charge in [-0.3, -0.25) is 9.36 Å². The van der Waals surface area contributed by atoms with E-state index >= 15 is 0 Å². The zero-order valence-electron chi connectivity index (χ0n) is 13.6. The number of aromatic nitrogens is 4. The second-order valence-electron chi connectivity index (χ2n) is 5.90. The monoisotopic (exact) mass is 333 g/mol. The summed E-state index contributed by atoms with van der Waals surface area (Å²) in [4.78, 5) is 32.1. The molecule has 6 heteroatoms. The van der Waals surface area contributed by atoms with Gasteiger partial charge in [0.25, 0.3) is 0 Å². The predicted octanol–water partition coefficient (Wildman–Crippen LogP) is 2.96. The fraction of sp³-hybridized carbons (Fsp3) is 0.158. The number of fused-ring (bicyclic) bond motifs is 2. The highest BCUT2D eigenvalue weighted by Crippen LogP contribution is 2.14. The molecule has 4 rings (SSSR count). The fourth-order valence-corrected chi connectivity index (χ4v) is 3.01. The van der Waals surface area contributed by atoms with Gasteiger partial charge in [0.05, 0.1) is 17.5 Å². The van der Waals surface area contributed by atoms with E-state index in [1.54, 1.807) is 21.8 Å². The number of hydrogen-bond donors (Lipinski definition) is 0. The number of para-hydroxylation sites is 4. The van der Waals surface area contributed by atoms with Crippen LogP contribution in [-0.2, 0) is 0 Å². The Morgan fingerprint density at radius 3 is 2.40 bits per heavy atom. The molecule has 0 radical (unpaired) electrons. The molecule has 0 unspecified atom stereocenters.